The first-order valence-corrected chi connectivity index (χ1v) is 12.6. The highest BCUT2D eigenvalue weighted by molar-refractivity contribution is 5.83. The van der Waals surface area contributed by atoms with Crippen LogP contribution in [0.4, 0.5) is 13.2 Å². The number of benzene rings is 3. The molecule has 0 N–H and O–H groups in total. The summed E-state index contributed by atoms with van der Waals surface area (Å²) in [4.78, 5) is 18.1. The first-order valence-electron chi connectivity index (χ1n) is 12.6. The van der Waals surface area contributed by atoms with Crippen molar-refractivity contribution < 1.29 is 13.2 Å². The standard InChI is InChI=1S/C31H27F3N4O/c1-5-22-11-8-10-19(2)28(22)37-20(3)16-24(21(37)4)18-35-38-29(23-12-9-13-25(17-23)31(32,33)34)36-27-15-7-6-14-26(27)30(38)39/h6-18H,5H2,1-4H3. The number of aryl methyl sites for hydroxylation is 3. The lowest BCUT2D eigenvalue weighted by atomic mass is 10.1. The van der Waals surface area contributed by atoms with Crippen LogP contribution in [-0.2, 0) is 12.6 Å². The number of para-hydroxylation sites is 2. The number of hydrogen-bond donors (Lipinski definition) is 0. The maximum Gasteiger partial charge on any atom is 0.416 e. The van der Waals surface area contributed by atoms with Crippen LogP contribution in [-0.4, -0.2) is 20.4 Å². The minimum atomic E-state index is -4.54. The number of hydrogen-bond acceptors (Lipinski definition) is 3. The second-order valence-corrected chi connectivity index (χ2v) is 9.49. The number of rotatable bonds is 5. The third kappa shape index (κ3) is 4.78. The van der Waals surface area contributed by atoms with Crippen molar-refractivity contribution in [2.75, 3.05) is 0 Å². The molecule has 0 spiro atoms. The van der Waals surface area contributed by atoms with E-state index >= 15 is 0 Å². The average Bonchev–Trinajstić information content (AvgIpc) is 3.19. The van der Waals surface area contributed by atoms with Crippen molar-refractivity contribution in [3.63, 3.8) is 0 Å². The van der Waals surface area contributed by atoms with Crippen LogP contribution in [0.1, 0.15) is 40.6 Å². The van der Waals surface area contributed by atoms with Gasteiger partial charge in [-0.3, -0.25) is 4.79 Å². The van der Waals surface area contributed by atoms with E-state index in [1.54, 1.807) is 30.5 Å². The summed E-state index contributed by atoms with van der Waals surface area (Å²) in [5.74, 6) is 0.0297. The van der Waals surface area contributed by atoms with Crippen molar-refractivity contribution in [2.45, 2.75) is 40.3 Å². The third-order valence-electron chi connectivity index (χ3n) is 6.91. The molecule has 198 valence electrons. The minimum Gasteiger partial charge on any atom is -0.317 e. The van der Waals surface area contributed by atoms with Crippen LogP contribution in [0.5, 0.6) is 0 Å². The van der Waals surface area contributed by atoms with E-state index in [-0.39, 0.29) is 11.4 Å². The predicted octanol–water partition coefficient (Wildman–Crippen LogP) is 7.24. The Morgan fingerprint density at radius 1 is 0.949 bits per heavy atom. The molecule has 0 aliphatic heterocycles. The molecule has 0 saturated carbocycles. The van der Waals surface area contributed by atoms with Crippen molar-refractivity contribution >= 4 is 17.1 Å². The molecule has 5 aromatic rings. The van der Waals surface area contributed by atoms with Gasteiger partial charge in [-0.1, -0.05) is 49.4 Å². The van der Waals surface area contributed by atoms with Crippen LogP contribution in [0.3, 0.4) is 0 Å². The predicted molar refractivity (Wildman–Crippen MR) is 149 cm³/mol. The Kier molecular flexibility index (Phi) is 6.72. The van der Waals surface area contributed by atoms with Gasteiger partial charge >= 0.3 is 6.18 Å². The molecule has 0 atom stereocenters. The lowest BCUT2D eigenvalue weighted by Crippen LogP contribution is -2.20. The highest BCUT2D eigenvalue weighted by atomic mass is 19.4. The van der Waals surface area contributed by atoms with Gasteiger partial charge in [-0.25, -0.2) is 4.98 Å². The normalized spacial score (nSPS) is 12.1. The number of fused-ring (bicyclic) bond motifs is 1. The number of halogens is 3. The molecule has 8 heteroatoms. The summed E-state index contributed by atoms with van der Waals surface area (Å²) in [6, 6.07) is 19.7. The summed E-state index contributed by atoms with van der Waals surface area (Å²) in [6.45, 7) is 8.18. The van der Waals surface area contributed by atoms with Crippen molar-refractivity contribution in [2.24, 2.45) is 5.10 Å². The molecular weight excluding hydrogens is 501 g/mol. The van der Waals surface area contributed by atoms with E-state index in [2.05, 4.69) is 40.6 Å². The summed E-state index contributed by atoms with van der Waals surface area (Å²) >= 11 is 0. The van der Waals surface area contributed by atoms with Gasteiger partial charge in [-0.2, -0.15) is 22.9 Å². The average molecular weight is 529 g/mol. The van der Waals surface area contributed by atoms with Gasteiger partial charge in [0.25, 0.3) is 5.56 Å². The molecule has 39 heavy (non-hydrogen) atoms. The Morgan fingerprint density at radius 2 is 1.69 bits per heavy atom. The highest BCUT2D eigenvalue weighted by Crippen LogP contribution is 2.32. The molecule has 5 rings (SSSR count). The van der Waals surface area contributed by atoms with E-state index in [0.29, 0.717) is 10.9 Å². The summed E-state index contributed by atoms with van der Waals surface area (Å²) in [5.41, 5.74) is 5.41. The van der Waals surface area contributed by atoms with Gasteiger partial charge in [0.15, 0.2) is 5.82 Å². The van der Waals surface area contributed by atoms with Crippen LogP contribution in [0.2, 0.25) is 0 Å². The minimum absolute atomic E-state index is 0.0297. The van der Waals surface area contributed by atoms with E-state index in [0.717, 1.165) is 51.4 Å². The molecule has 5 nitrogen and oxygen atoms in total. The van der Waals surface area contributed by atoms with E-state index in [1.807, 2.05) is 26.0 Å². The maximum atomic E-state index is 13.5. The van der Waals surface area contributed by atoms with Gasteiger partial charge in [0, 0.05) is 22.5 Å². The van der Waals surface area contributed by atoms with Gasteiger partial charge in [-0.15, -0.1) is 0 Å². The number of nitrogens with zero attached hydrogens (tertiary/aromatic N) is 4. The van der Waals surface area contributed by atoms with Crippen molar-refractivity contribution in [1.82, 2.24) is 14.2 Å². The Morgan fingerprint density at radius 3 is 2.44 bits per heavy atom. The Balaban J connectivity index is 1.69. The quantitative estimate of drug-likeness (QED) is 0.226. The van der Waals surface area contributed by atoms with Crippen LogP contribution < -0.4 is 5.56 Å². The lowest BCUT2D eigenvalue weighted by molar-refractivity contribution is -0.137. The topological polar surface area (TPSA) is 52.2 Å². The molecule has 3 aromatic carbocycles. The van der Waals surface area contributed by atoms with Gasteiger partial charge in [0.05, 0.1) is 28.4 Å². The molecule has 0 amide bonds. The lowest BCUT2D eigenvalue weighted by Gasteiger charge is -2.17. The monoisotopic (exact) mass is 528 g/mol. The van der Waals surface area contributed by atoms with Gasteiger partial charge < -0.3 is 4.57 Å². The summed E-state index contributed by atoms with van der Waals surface area (Å²) < 4.78 is 43.7. The fourth-order valence-corrected chi connectivity index (χ4v) is 4.96. The zero-order valence-corrected chi connectivity index (χ0v) is 22.0. The fourth-order valence-electron chi connectivity index (χ4n) is 4.96. The molecule has 2 heterocycles. The van der Waals surface area contributed by atoms with Crippen LogP contribution in [0.25, 0.3) is 28.0 Å². The van der Waals surface area contributed by atoms with E-state index in [4.69, 9.17) is 0 Å². The molecule has 0 fully saturated rings. The van der Waals surface area contributed by atoms with Crippen LogP contribution in [0.15, 0.2) is 82.7 Å². The molecule has 0 saturated heterocycles. The van der Waals surface area contributed by atoms with E-state index < -0.39 is 17.3 Å². The smallest absolute Gasteiger partial charge is 0.317 e. The van der Waals surface area contributed by atoms with Gasteiger partial charge in [-0.05, 0) is 68.7 Å². The largest absolute Gasteiger partial charge is 0.416 e. The zero-order valence-electron chi connectivity index (χ0n) is 22.0. The number of alkyl halides is 3. The van der Waals surface area contributed by atoms with E-state index in [1.165, 1.54) is 17.7 Å². The second-order valence-electron chi connectivity index (χ2n) is 9.49. The Hall–Kier alpha value is -4.46. The number of aromatic nitrogens is 3. The van der Waals surface area contributed by atoms with E-state index in [9.17, 15) is 18.0 Å². The molecule has 0 aliphatic rings. The molecule has 0 unspecified atom stereocenters. The summed E-state index contributed by atoms with van der Waals surface area (Å²) in [5, 5.41) is 4.81. The van der Waals surface area contributed by atoms with Crippen LogP contribution >= 0.6 is 0 Å². The first-order chi connectivity index (χ1) is 18.6. The highest BCUT2D eigenvalue weighted by Gasteiger charge is 2.31. The molecule has 0 aliphatic carbocycles. The zero-order chi connectivity index (χ0) is 27.9. The SMILES string of the molecule is CCc1cccc(C)c1-n1c(C)cc(C=Nn2c(-c3cccc(C(F)(F)F)c3)nc3ccccc3c2=O)c1C. The summed E-state index contributed by atoms with van der Waals surface area (Å²) in [7, 11) is 0. The second kappa shape index (κ2) is 10.0. The van der Waals surface area contributed by atoms with Gasteiger partial charge in [0.1, 0.15) is 0 Å². The maximum absolute atomic E-state index is 13.5. The molecule has 2 aromatic heterocycles. The van der Waals surface area contributed by atoms with Crippen molar-refractivity contribution in [1.29, 1.82) is 0 Å². The Bertz CT molecular complexity index is 1790. The van der Waals surface area contributed by atoms with Gasteiger partial charge in [0.2, 0.25) is 0 Å². The fraction of sp³-hybridized carbons (Fsp3) is 0.194. The first kappa shape index (κ1) is 26.2. The third-order valence-corrected chi connectivity index (χ3v) is 6.91. The van der Waals surface area contributed by atoms with Crippen molar-refractivity contribution in [3.05, 3.63) is 117 Å². The molecular formula is C31H27F3N4O. The molecule has 0 radical (unpaired) electrons. The van der Waals surface area contributed by atoms with Crippen molar-refractivity contribution in [3.8, 4) is 17.1 Å². The van der Waals surface area contributed by atoms with Crippen LogP contribution in [0, 0.1) is 20.8 Å². The Labute approximate surface area is 223 Å². The summed E-state index contributed by atoms with van der Waals surface area (Å²) in [6.07, 6.45) is -2.10. The molecule has 0 bridgehead atoms.